The number of ether oxygens (including phenoxy) is 2. The van der Waals surface area contributed by atoms with E-state index in [4.69, 9.17) is 32.7 Å². The molecule has 5 nitrogen and oxygen atoms in total. The van der Waals surface area contributed by atoms with Gasteiger partial charge in [0.1, 0.15) is 12.3 Å². The molecule has 0 saturated carbocycles. The molecule has 1 aromatic carbocycles. The van der Waals surface area contributed by atoms with Crippen LogP contribution in [0.15, 0.2) is 18.2 Å². The van der Waals surface area contributed by atoms with Crippen LogP contribution >= 0.6 is 23.2 Å². The van der Waals surface area contributed by atoms with E-state index < -0.39 is 0 Å². The van der Waals surface area contributed by atoms with Gasteiger partial charge < -0.3 is 9.47 Å². The van der Waals surface area contributed by atoms with E-state index in [1.807, 2.05) is 6.92 Å². The Morgan fingerprint density at radius 2 is 2.09 bits per heavy atom. The van der Waals surface area contributed by atoms with Crippen LogP contribution < -0.4 is 4.74 Å². The molecule has 22 heavy (non-hydrogen) atoms. The predicted octanol–water partition coefficient (Wildman–Crippen LogP) is 3.33. The van der Waals surface area contributed by atoms with Crippen molar-refractivity contribution in [3.05, 3.63) is 45.2 Å². The van der Waals surface area contributed by atoms with Crippen LogP contribution in [0.25, 0.3) is 0 Å². The maximum Gasteiger partial charge on any atom is 0.311 e. The Morgan fingerprint density at radius 1 is 1.36 bits per heavy atom. The van der Waals surface area contributed by atoms with Crippen molar-refractivity contribution in [3.8, 4) is 5.75 Å². The first-order valence-corrected chi connectivity index (χ1v) is 7.34. The quantitative estimate of drug-likeness (QED) is 0.782. The molecule has 0 atom stereocenters. The van der Waals surface area contributed by atoms with Gasteiger partial charge in [0.05, 0.1) is 19.2 Å². The fraction of sp³-hybridized carbons (Fsp3) is 0.333. The molecule has 1 aromatic heterocycles. The summed E-state index contributed by atoms with van der Waals surface area (Å²) < 4.78 is 12.1. The zero-order valence-electron chi connectivity index (χ0n) is 12.5. The molecule has 0 unspecified atom stereocenters. The molecule has 0 radical (unpaired) electrons. The SMILES string of the molecule is COC(=O)Cc1c(OCc2cc(Cl)ccc2Cl)c(C)nn1C. The number of hydrogen-bond donors (Lipinski definition) is 0. The van der Waals surface area contributed by atoms with Crippen molar-refractivity contribution < 1.29 is 14.3 Å². The van der Waals surface area contributed by atoms with Gasteiger partial charge in [0.15, 0.2) is 5.75 Å². The van der Waals surface area contributed by atoms with Crippen molar-refractivity contribution in [2.45, 2.75) is 20.0 Å². The molecule has 0 aliphatic carbocycles. The Kier molecular flexibility index (Phi) is 5.32. The number of aryl methyl sites for hydroxylation is 2. The van der Waals surface area contributed by atoms with Crippen LogP contribution in [0.3, 0.4) is 0 Å². The van der Waals surface area contributed by atoms with E-state index in [-0.39, 0.29) is 19.0 Å². The summed E-state index contributed by atoms with van der Waals surface area (Å²) in [7, 11) is 3.10. The summed E-state index contributed by atoms with van der Waals surface area (Å²) in [5, 5.41) is 5.43. The van der Waals surface area contributed by atoms with Crippen LogP contribution in [-0.2, 0) is 29.6 Å². The predicted molar refractivity (Wildman–Crippen MR) is 84.5 cm³/mol. The Balaban J connectivity index is 2.22. The number of benzene rings is 1. The van der Waals surface area contributed by atoms with Gasteiger partial charge in [0.2, 0.25) is 0 Å². The molecule has 1 heterocycles. The second-order valence-corrected chi connectivity index (χ2v) is 5.61. The Bertz CT molecular complexity index is 698. The van der Waals surface area contributed by atoms with E-state index in [9.17, 15) is 4.79 Å². The minimum atomic E-state index is -0.353. The second-order valence-electron chi connectivity index (χ2n) is 4.76. The maximum absolute atomic E-state index is 11.5. The van der Waals surface area contributed by atoms with Gasteiger partial charge in [-0.25, -0.2) is 0 Å². The number of hydrogen-bond acceptors (Lipinski definition) is 4. The first-order chi connectivity index (χ1) is 10.4. The van der Waals surface area contributed by atoms with Crippen LogP contribution in [0.5, 0.6) is 5.75 Å². The van der Waals surface area contributed by atoms with Gasteiger partial charge in [-0.05, 0) is 25.1 Å². The van der Waals surface area contributed by atoms with Crippen LogP contribution in [0.1, 0.15) is 17.0 Å². The van der Waals surface area contributed by atoms with Crippen molar-refractivity contribution in [3.63, 3.8) is 0 Å². The zero-order valence-corrected chi connectivity index (χ0v) is 14.0. The highest BCUT2D eigenvalue weighted by Crippen LogP contribution is 2.27. The minimum Gasteiger partial charge on any atom is -0.485 e. The maximum atomic E-state index is 11.5. The van der Waals surface area contributed by atoms with Gasteiger partial charge in [-0.3, -0.25) is 9.48 Å². The summed E-state index contributed by atoms with van der Waals surface area (Å²) in [6.07, 6.45) is 0.0897. The van der Waals surface area contributed by atoms with Gasteiger partial charge in [-0.1, -0.05) is 23.2 Å². The summed E-state index contributed by atoms with van der Waals surface area (Å²) in [6, 6.07) is 5.18. The number of rotatable bonds is 5. The number of nitrogens with zero attached hydrogens (tertiary/aromatic N) is 2. The molecule has 2 rings (SSSR count). The summed E-state index contributed by atoms with van der Waals surface area (Å²) in [6.45, 7) is 2.05. The number of carbonyl (C=O) groups is 1. The van der Waals surface area contributed by atoms with E-state index in [0.717, 1.165) is 5.56 Å². The molecule has 0 N–H and O–H groups in total. The largest absolute Gasteiger partial charge is 0.485 e. The van der Waals surface area contributed by atoms with Gasteiger partial charge in [-0.15, -0.1) is 0 Å². The summed E-state index contributed by atoms with van der Waals surface area (Å²) in [4.78, 5) is 11.5. The average molecular weight is 343 g/mol. The normalized spacial score (nSPS) is 10.6. The molecule has 0 spiro atoms. The highest BCUT2D eigenvalue weighted by molar-refractivity contribution is 6.33. The molecule has 0 amide bonds. The van der Waals surface area contributed by atoms with Gasteiger partial charge in [-0.2, -0.15) is 5.10 Å². The molecule has 7 heteroatoms. The van der Waals surface area contributed by atoms with Crippen molar-refractivity contribution in [1.29, 1.82) is 0 Å². The number of halogens is 2. The fourth-order valence-electron chi connectivity index (χ4n) is 2.08. The summed E-state index contributed by atoms with van der Waals surface area (Å²) in [5.74, 6) is 0.206. The van der Waals surface area contributed by atoms with E-state index in [1.165, 1.54) is 7.11 Å². The van der Waals surface area contributed by atoms with Crippen molar-refractivity contribution >= 4 is 29.2 Å². The summed E-state index contributed by atoms with van der Waals surface area (Å²) >= 11 is 12.1. The molecule has 0 bridgehead atoms. The average Bonchev–Trinajstić information content (AvgIpc) is 2.74. The molecule has 2 aromatic rings. The second kappa shape index (κ2) is 7.03. The third-order valence-electron chi connectivity index (χ3n) is 3.20. The lowest BCUT2D eigenvalue weighted by Crippen LogP contribution is -2.10. The first kappa shape index (κ1) is 16.6. The standard InChI is InChI=1S/C15H16Cl2N2O3/c1-9-15(13(19(2)18-9)7-14(20)21-3)22-8-10-6-11(16)4-5-12(10)17/h4-6H,7-8H2,1-3H3. The van der Waals surface area contributed by atoms with Gasteiger partial charge >= 0.3 is 5.97 Å². The molecular weight excluding hydrogens is 327 g/mol. The number of carbonyl (C=O) groups excluding carboxylic acids is 1. The number of esters is 1. The lowest BCUT2D eigenvalue weighted by atomic mass is 10.2. The van der Waals surface area contributed by atoms with Crippen LogP contribution in [0.4, 0.5) is 0 Å². The van der Waals surface area contributed by atoms with E-state index in [1.54, 1.807) is 29.9 Å². The van der Waals surface area contributed by atoms with Crippen LogP contribution in [-0.4, -0.2) is 22.9 Å². The Hall–Kier alpha value is -1.72. The topological polar surface area (TPSA) is 53.4 Å². The number of aromatic nitrogens is 2. The van der Waals surface area contributed by atoms with E-state index >= 15 is 0 Å². The molecule has 0 aliphatic heterocycles. The Labute approximate surface area is 138 Å². The molecule has 118 valence electrons. The van der Waals surface area contributed by atoms with Crippen molar-refractivity contribution in [2.75, 3.05) is 7.11 Å². The van der Waals surface area contributed by atoms with Crippen LogP contribution in [0, 0.1) is 6.92 Å². The fourth-order valence-corrected chi connectivity index (χ4v) is 2.45. The molecule has 0 fully saturated rings. The van der Waals surface area contributed by atoms with Crippen LogP contribution in [0.2, 0.25) is 10.0 Å². The highest BCUT2D eigenvalue weighted by Gasteiger charge is 2.18. The third-order valence-corrected chi connectivity index (χ3v) is 3.80. The van der Waals surface area contributed by atoms with Crippen molar-refractivity contribution in [1.82, 2.24) is 9.78 Å². The molecular formula is C15H16Cl2N2O3. The zero-order chi connectivity index (χ0) is 16.3. The van der Waals surface area contributed by atoms with E-state index in [0.29, 0.717) is 27.2 Å². The lowest BCUT2D eigenvalue weighted by molar-refractivity contribution is -0.139. The summed E-state index contributed by atoms with van der Waals surface area (Å²) in [5.41, 5.74) is 2.11. The minimum absolute atomic E-state index is 0.0897. The third kappa shape index (κ3) is 3.72. The van der Waals surface area contributed by atoms with Gasteiger partial charge in [0.25, 0.3) is 0 Å². The Morgan fingerprint density at radius 3 is 2.77 bits per heavy atom. The molecule has 0 saturated heterocycles. The number of methoxy groups -OCH3 is 1. The highest BCUT2D eigenvalue weighted by atomic mass is 35.5. The smallest absolute Gasteiger partial charge is 0.311 e. The monoisotopic (exact) mass is 342 g/mol. The van der Waals surface area contributed by atoms with E-state index in [2.05, 4.69) is 5.10 Å². The lowest BCUT2D eigenvalue weighted by Gasteiger charge is -2.10. The first-order valence-electron chi connectivity index (χ1n) is 6.58. The van der Waals surface area contributed by atoms with Crippen molar-refractivity contribution in [2.24, 2.45) is 7.05 Å². The van der Waals surface area contributed by atoms with Gasteiger partial charge in [0, 0.05) is 22.7 Å². The molecule has 0 aliphatic rings.